The molecular weight excluding hydrogens is 216 g/mol. The van der Waals surface area contributed by atoms with Crippen LogP contribution in [0.3, 0.4) is 0 Å². The van der Waals surface area contributed by atoms with E-state index >= 15 is 0 Å². The molecule has 0 nitrogen and oxygen atoms in total. The molecule has 0 radical (unpaired) electrons. The minimum absolute atomic E-state index is 0.598. The van der Waals surface area contributed by atoms with E-state index < -0.39 is 0 Å². The summed E-state index contributed by atoms with van der Waals surface area (Å²) in [6.07, 6.45) is 16.0. The fourth-order valence-electron chi connectivity index (χ4n) is 2.58. The predicted octanol–water partition coefficient (Wildman–Crippen LogP) is 5.14. The lowest BCUT2D eigenvalue weighted by atomic mass is 9.79. The van der Waals surface area contributed by atoms with Gasteiger partial charge in [-0.15, -0.1) is 0 Å². The predicted molar refractivity (Wildman–Crippen MR) is 80.3 cm³/mol. The summed E-state index contributed by atoms with van der Waals surface area (Å²) in [5.74, 6) is 1.20. The molecule has 0 spiro atoms. The summed E-state index contributed by atoms with van der Waals surface area (Å²) in [5.41, 5.74) is 4.91. The Morgan fingerprint density at radius 3 is 1.61 bits per heavy atom. The van der Waals surface area contributed by atoms with Crippen molar-refractivity contribution in [2.75, 3.05) is 0 Å². The Bertz CT molecular complexity index is 434. The molecule has 0 saturated heterocycles. The summed E-state index contributed by atoms with van der Waals surface area (Å²) in [4.78, 5) is 0. The summed E-state index contributed by atoms with van der Waals surface area (Å²) >= 11 is 0. The van der Waals surface area contributed by atoms with E-state index in [0.717, 1.165) is 24.0 Å². The Labute approximate surface area is 111 Å². The molecule has 0 fully saturated rings. The molecule has 0 amide bonds. The van der Waals surface area contributed by atoms with Gasteiger partial charge in [0.2, 0.25) is 0 Å². The standard InChI is InChI=1S/C18H22/c1-13(2)15-7-5-9-17(11-15)18-10-6-8-16(12-18)14(3)4/h5-8,11-12,17-18H,1,3,9-10H2,2,4H3. The zero-order valence-electron chi connectivity index (χ0n) is 11.4. The summed E-state index contributed by atoms with van der Waals surface area (Å²) < 4.78 is 0. The van der Waals surface area contributed by atoms with Crippen molar-refractivity contribution < 1.29 is 0 Å². The zero-order chi connectivity index (χ0) is 13.1. The first-order valence-electron chi connectivity index (χ1n) is 6.66. The highest BCUT2D eigenvalue weighted by Crippen LogP contribution is 2.33. The van der Waals surface area contributed by atoms with Crippen LogP contribution in [0.4, 0.5) is 0 Å². The summed E-state index contributed by atoms with van der Waals surface area (Å²) in [6.45, 7) is 12.2. The average Bonchev–Trinajstić information content (AvgIpc) is 2.39. The van der Waals surface area contributed by atoms with Gasteiger partial charge in [0.25, 0.3) is 0 Å². The van der Waals surface area contributed by atoms with Gasteiger partial charge in [-0.3, -0.25) is 0 Å². The SMILES string of the molecule is C=C(C)C1=CC(C2C=C(C(=C)C)C=CC2)CC=C1. The maximum atomic E-state index is 4.04. The molecule has 0 bridgehead atoms. The van der Waals surface area contributed by atoms with Crippen LogP contribution in [0.25, 0.3) is 0 Å². The molecule has 0 saturated carbocycles. The van der Waals surface area contributed by atoms with Crippen molar-refractivity contribution in [3.63, 3.8) is 0 Å². The maximum absolute atomic E-state index is 4.04. The van der Waals surface area contributed by atoms with Crippen LogP contribution in [0.5, 0.6) is 0 Å². The quantitative estimate of drug-likeness (QED) is 0.638. The second-order valence-corrected chi connectivity index (χ2v) is 5.41. The molecule has 0 aromatic rings. The molecule has 0 aromatic carbocycles. The highest BCUT2D eigenvalue weighted by molar-refractivity contribution is 5.42. The Morgan fingerprint density at radius 1 is 0.889 bits per heavy atom. The largest absolute Gasteiger partial charge is 0.0955 e. The second kappa shape index (κ2) is 5.39. The third kappa shape index (κ3) is 2.81. The third-order valence-corrected chi connectivity index (χ3v) is 3.73. The molecule has 0 heteroatoms. The number of hydrogen-bond donors (Lipinski definition) is 0. The highest BCUT2D eigenvalue weighted by atomic mass is 14.2. The van der Waals surface area contributed by atoms with Crippen LogP contribution in [-0.2, 0) is 0 Å². The topological polar surface area (TPSA) is 0 Å². The van der Waals surface area contributed by atoms with E-state index in [1.807, 2.05) is 0 Å². The van der Waals surface area contributed by atoms with Gasteiger partial charge in [0.15, 0.2) is 0 Å². The lowest BCUT2D eigenvalue weighted by Crippen LogP contribution is -2.14. The Balaban J connectivity index is 2.18. The van der Waals surface area contributed by atoms with Gasteiger partial charge in [0.05, 0.1) is 0 Å². The van der Waals surface area contributed by atoms with Gasteiger partial charge in [-0.05, 0) is 49.7 Å². The van der Waals surface area contributed by atoms with Crippen molar-refractivity contribution in [1.82, 2.24) is 0 Å². The second-order valence-electron chi connectivity index (χ2n) is 5.41. The van der Waals surface area contributed by atoms with E-state index in [-0.39, 0.29) is 0 Å². The van der Waals surface area contributed by atoms with Gasteiger partial charge in [0.1, 0.15) is 0 Å². The fourth-order valence-corrected chi connectivity index (χ4v) is 2.58. The molecule has 2 atom stereocenters. The van der Waals surface area contributed by atoms with E-state index in [2.05, 4.69) is 63.5 Å². The van der Waals surface area contributed by atoms with Crippen molar-refractivity contribution in [3.8, 4) is 0 Å². The molecule has 0 aliphatic heterocycles. The molecule has 2 aliphatic carbocycles. The zero-order valence-corrected chi connectivity index (χ0v) is 11.4. The smallest absolute Gasteiger partial charge is 0.0123 e. The van der Waals surface area contributed by atoms with Crippen molar-refractivity contribution in [1.29, 1.82) is 0 Å². The van der Waals surface area contributed by atoms with E-state index in [9.17, 15) is 0 Å². The van der Waals surface area contributed by atoms with Crippen LogP contribution in [0.1, 0.15) is 26.7 Å². The van der Waals surface area contributed by atoms with Gasteiger partial charge < -0.3 is 0 Å². The van der Waals surface area contributed by atoms with Crippen LogP contribution < -0.4 is 0 Å². The number of rotatable bonds is 3. The summed E-state index contributed by atoms with van der Waals surface area (Å²) in [7, 11) is 0. The van der Waals surface area contributed by atoms with Crippen LogP contribution in [0, 0.1) is 11.8 Å². The van der Waals surface area contributed by atoms with Crippen LogP contribution >= 0.6 is 0 Å². The summed E-state index contributed by atoms with van der Waals surface area (Å²) in [5, 5.41) is 0. The van der Waals surface area contributed by atoms with Gasteiger partial charge >= 0.3 is 0 Å². The van der Waals surface area contributed by atoms with E-state index in [0.29, 0.717) is 11.8 Å². The minimum Gasteiger partial charge on any atom is -0.0955 e. The molecule has 94 valence electrons. The normalized spacial score (nSPS) is 26.6. The van der Waals surface area contributed by atoms with Crippen molar-refractivity contribution in [2.24, 2.45) is 11.8 Å². The average molecular weight is 238 g/mol. The molecule has 0 aromatic heterocycles. The first-order valence-corrected chi connectivity index (χ1v) is 6.66. The van der Waals surface area contributed by atoms with Crippen molar-refractivity contribution in [3.05, 3.63) is 71.9 Å². The van der Waals surface area contributed by atoms with Crippen LogP contribution in [0.2, 0.25) is 0 Å². The number of hydrogen-bond acceptors (Lipinski definition) is 0. The lowest BCUT2D eigenvalue weighted by molar-refractivity contribution is 0.474. The molecule has 0 N–H and O–H groups in total. The Kier molecular flexibility index (Phi) is 3.86. The monoisotopic (exact) mass is 238 g/mol. The van der Waals surface area contributed by atoms with E-state index in [4.69, 9.17) is 0 Å². The van der Waals surface area contributed by atoms with Gasteiger partial charge in [-0.1, -0.05) is 60.8 Å². The first-order chi connectivity index (χ1) is 8.58. The molecule has 18 heavy (non-hydrogen) atoms. The Hall–Kier alpha value is -1.56. The molecule has 2 aliphatic rings. The van der Waals surface area contributed by atoms with Crippen LogP contribution in [-0.4, -0.2) is 0 Å². The van der Waals surface area contributed by atoms with Crippen LogP contribution in [0.15, 0.2) is 71.9 Å². The van der Waals surface area contributed by atoms with E-state index in [1.54, 1.807) is 0 Å². The first kappa shape index (κ1) is 12.9. The molecule has 0 heterocycles. The lowest BCUT2D eigenvalue weighted by Gasteiger charge is -2.26. The minimum atomic E-state index is 0.598. The highest BCUT2D eigenvalue weighted by Gasteiger charge is 2.20. The van der Waals surface area contributed by atoms with E-state index in [1.165, 1.54) is 11.1 Å². The molecule has 2 rings (SSSR count). The van der Waals surface area contributed by atoms with Gasteiger partial charge in [-0.2, -0.15) is 0 Å². The molecule has 2 unspecified atom stereocenters. The van der Waals surface area contributed by atoms with Crippen molar-refractivity contribution in [2.45, 2.75) is 26.7 Å². The third-order valence-electron chi connectivity index (χ3n) is 3.73. The fraction of sp³-hybridized carbons (Fsp3) is 0.333. The summed E-state index contributed by atoms with van der Waals surface area (Å²) in [6, 6.07) is 0. The Morgan fingerprint density at radius 2 is 1.28 bits per heavy atom. The van der Waals surface area contributed by atoms with Crippen molar-refractivity contribution >= 4 is 0 Å². The maximum Gasteiger partial charge on any atom is -0.0123 e. The molecular formula is C18H22. The van der Waals surface area contributed by atoms with Gasteiger partial charge in [-0.25, -0.2) is 0 Å². The van der Waals surface area contributed by atoms with Gasteiger partial charge in [0, 0.05) is 0 Å². The number of allylic oxidation sites excluding steroid dienone is 10.